The number of amides is 1. The highest BCUT2D eigenvalue weighted by Crippen LogP contribution is 2.15. The van der Waals surface area contributed by atoms with E-state index in [0.29, 0.717) is 17.6 Å². The van der Waals surface area contributed by atoms with E-state index < -0.39 is 0 Å². The smallest absolute Gasteiger partial charge is 0.242 e. The minimum Gasteiger partial charge on any atom is -0.360 e. The Morgan fingerprint density at radius 3 is 2.88 bits per heavy atom. The van der Waals surface area contributed by atoms with Crippen LogP contribution in [0.5, 0.6) is 0 Å². The first-order valence-corrected chi connectivity index (χ1v) is 8.90. The molecule has 0 spiro atoms. The molecule has 0 unspecified atom stereocenters. The van der Waals surface area contributed by atoms with E-state index in [1.165, 1.54) is 5.56 Å². The summed E-state index contributed by atoms with van der Waals surface area (Å²) in [6.07, 6.45) is 1.79. The summed E-state index contributed by atoms with van der Waals surface area (Å²) in [5, 5.41) is 10.1. The SMILES string of the molecule is CC[C@H](N[C@@H]1CCN(Cc2ccccc2)C1)C(=O)Nc1cc(C)on1. The molecule has 6 nitrogen and oxygen atoms in total. The van der Waals surface area contributed by atoms with Crippen LogP contribution in [0.2, 0.25) is 0 Å². The highest BCUT2D eigenvalue weighted by Gasteiger charge is 2.27. The molecule has 0 bridgehead atoms. The third-order valence-electron chi connectivity index (χ3n) is 4.56. The summed E-state index contributed by atoms with van der Waals surface area (Å²) in [4.78, 5) is 14.9. The van der Waals surface area contributed by atoms with Gasteiger partial charge in [0, 0.05) is 31.7 Å². The van der Waals surface area contributed by atoms with Gasteiger partial charge in [-0.15, -0.1) is 0 Å². The summed E-state index contributed by atoms with van der Waals surface area (Å²) in [5.74, 6) is 1.10. The summed E-state index contributed by atoms with van der Waals surface area (Å²) in [5.41, 5.74) is 1.33. The van der Waals surface area contributed by atoms with E-state index in [1.807, 2.05) is 13.0 Å². The van der Waals surface area contributed by atoms with Gasteiger partial charge in [-0.05, 0) is 25.3 Å². The van der Waals surface area contributed by atoms with E-state index in [0.717, 1.165) is 32.5 Å². The standard InChI is InChI=1S/C19H26N4O2/c1-3-17(19(24)21-18-11-14(2)25-22-18)20-16-9-10-23(13-16)12-15-7-5-4-6-8-15/h4-8,11,16-17,20H,3,9-10,12-13H2,1-2H3,(H,21,22,24)/t16-,17+/m1/s1. The zero-order valence-corrected chi connectivity index (χ0v) is 14.9. The van der Waals surface area contributed by atoms with Crippen LogP contribution in [0.4, 0.5) is 5.82 Å². The van der Waals surface area contributed by atoms with Gasteiger partial charge in [0.15, 0.2) is 5.82 Å². The summed E-state index contributed by atoms with van der Waals surface area (Å²) in [7, 11) is 0. The van der Waals surface area contributed by atoms with Gasteiger partial charge in [-0.25, -0.2) is 0 Å². The maximum atomic E-state index is 12.4. The first-order valence-electron chi connectivity index (χ1n) is 8.90. The molecule has 1 aromatic carbocycles. The number of carbonyl (C=O) groups excluding carboxylic acids is 1. The molecule has 2 aromatic rings. The normalized spacial score (nSPS) is 19.0. The third-order valence-corrected chi connectivity index (χ3v) is 4.56. The van der Waals surface area contributed by atoms with Crippen molar-refractivity contribution in [3.8, 4) is 0 Å². The molecule has 1 aromatic heterocycles. The zero-order valence-electron chi connectivity index (χ0n) is 14.9. The Morgan fingerprint density at radius 2 is 2.20 bits per heavy atom. The molecule has 2 N–H and O–H groups in total. The van der Waals surface area contributed by atoms with Crippen molar-refractivity contribution in [1.29, 1.82) is 0 Å². The van der Waals surface area contributed by atoms with Crippen molar-refractivity contribution in [2.24, 2.45) is 0 Å². The summed E-state index contributed by atoms with van der Waals surface area (Å²) < 4.78 is 4.99. The van der Waals surface area contributed by atoms with Crippen LogP contribution in [0.15, 0.2) is 40.9 Å². The van der Waals surface area contributed by atoms with Crippen molar-refractivity contribution >= 4 is 11.7 Å². The summed E-state index contributed by atoms with van der Waals surface area (Å²) >= 11 is 0. The molecule has 0 aliphatic carbocycles. The Bertz CT molecular complexity index is 686. The van der Waals surface area contributed by atoms with Gasteiger partial charge in [-0.2, -0.15) is 0 Å². The third kappa shape index (κ3) is 4.90. The second kappa shape index (κ2) is 8.27. The Balaban J connectivity index is 1.49. The van der Waals surface area contributed by atoms with Gasteiger partial charge < -0.3 is 15.2 Å². The molecule has 0 saturated carbocycles. The molecule has 0 radical (unpaired) electrons. The number of hydrogen-bond donors (Lipinski definition) is 2. The fourth-order valence-corrected chi connectivity index (χ4v) is 3.26. The van der Waals surface area contributed by atoms with E-state index >= 15 is 0 Å². The van der Waals surface area contributed by atoms with Crippen LogP contribution in [0.25, 0.3) is 0 Å². The predicted molar refractivity (Wildman–Crippen MR) is 97.2 cm³/mol. The summed E-state index contributed by atoms with van der Waals surface area (Å²) in [6.45, 7) is 6.79. The van der Waals surface area contributed by atoms with Gasteiger partial charge in [-0.3, -0.25) is 9.69 Å². The number of aryl methyl sites for hydroxylation is 1. The second-order valence-corrected chi connectivity index (χ2v) is 6.65. The Morgan fingerprint density at radius 1 is 1.40 bits per heavy atom. The monoisotopic (exact) mass is 342 g/mol. The number of nitrogens with zero attached hydrogens (tertiary/aromatic N) is 2. The van der Waals surface area contributed by atoms with Gasteiger partial charge in [-0.1, -0.05) is 42.4 Å². The molecule has 1 saturated heterocycles. The van der Waals surface area contributed by atoms with E-state index in [2.05, 4.69) is 45.0 Å². The number of benzene rings is 1. The van der Waals surface area contributed by atoms with E-state index in [1.54, 1.807) is 13.0 Å². The Labute approximate surface area is 148 Å². The van der Waals surface area contributed by atoms with Crippen LogP contribution in [-0.4, -0.2) is 41.1 Å². The summed E-state index contributed by atoms with van der Waals surface area (Å²) in [6, 6.07) is 12.3. The first-order chi connectivity index (χ1) is 12.1. The van der Waals surface area contributed by atoms with Crippen LogP contribution in [0.3, 0.4) is 0 Å². The highest BCUT2D eigenvalue weighted by molar-refractivity contribution is 5.94. The number of nitrogens with one attached hydrogen (secondary N) is 2. The van der Waals surface area contributed by atoms with E-state index in [4.69, 9.17) is 4.52 Å². The number of carbonyl (C=O) groups is 1. The van der Waals surface area contributed by atoms with Gasteiger partial charge in [0.05, 0.1) is 6.04 Å². The van der Waals surface area contributed by atoms with Crippen LogP contribution >= 0.6 is 0 Å². The molecule has 6 heteroatoms. The lowest BCUT2D eigenvalue weighted by Crippen LogP contribution is -2.46. The number of anilines is 1. The topological polar surface area (TPSA) is 70.4 Å². The average molecular weight is 342 g/mol. The number of aromatic nitrogens is 1. The molecule has 3 rings (SSSR count). The lowest BCUT2D eigenvalue weighted by Gasteiger charge is -2.21. The molecule has 2 atom stereocenters. The van der Waals surface area contributed by atoms with Gasteiger partial charge in [0.1, 0.15) is 5.76 Å². The maximum absolute atomic E-state index is 12.4. The fourth-order valence-electron chi connectivity index (χ4n) is 3.26. The molecular weight excluding hydrogens is 316 g/mol. The number of rotatable bonds is 7. The van der Waals surface area contributed by atoms with Crippen molar-refractivity contribution < 1.29 is 9.32 Å². The van der Waals surface area contributed by atoms with Crippen LogP contribution in [-0.2, 0) is 11.3 Å². The number of likely N-dealkylation sites (tertiary alicyclic amines) is 1. The maximum Gasteiger partial charge on any atom is 0.242 e. The quantitative estimate of drug-likeness (QED) is 0.809. The molecule has 1 aliphatic rings. The predicted octanol–water partition coefficient (Wildman–Crippen LogP) is 2.56. The minimum atomic E-state index is -0.223. The molecule has 25 heavy (non-hydrogen) atoms. The molecule has 1 aliphatic heterocycles. The largest absolute Gasteiger partial charge is 0.360 e. The Hall–Kier alpha value is -2.18. The van der Waals surface area contributed by atoms with Crippen molar-refractivity contribution in [2.75, 3.05) is 18.4 Å². The van der Waals surface area contributed by atoms with E-state index in [-0.39, 0.29) is 11.9 Å². The lowest BCUT2D eigenvalue weighted by atomic mass is 10.1. The average Bonchev–Trinajstić information content (AvgIpc) is 3.22. The van der Waals surface area contributed by atoms with Gasteiger partial charge in [0.2, 0.25) is 5.91 Å². The Kier molecular flexibility index (Phi) is 5.83. The first kappa shape index (κ1) is 17.6. The van der Waals surface area contributed by atoms with Crippen molar-refractivity contribution in [2.45, 2.75) is 45.3 Å². The minimum absolute atomic E-state index is 0.0580. The molecule has 1 fully saturated rings. The lowest BCUT2D eigenvalue weighted by molar-refractivity contribution is -0.118. The van der Waals surface area contributed by atoms with Gasteiger partial charge in [0.25, 0.3) is 0 Å². The zero-order chi connectivity index (χ0) is 17.6. The van der Waals surface area contributed by atoms with Crippen LogP contribution in [0, 0.1) is 6.92 Å². The van der Waals surface area contributed by atoms with Crippen LogP contribution in [0.1, 0.15) is 31.1 Å². The van der Waals surface area contributed by atoms with Crippen molar-refractivity contribution in [3.05, 3.63) is 47.7 Å². The fraction of sp³-hybridized carbons (Fsp3) is 0.474. The van der Waals surface area contributed by atoms with Crippen molar-refractivity contribution in [1.82, 2.24) is 15.4 Å². The molecule has 134 valence electrons. The van der Waals surface area contributed by atoms with Crippen molar-refractivity contribution in [3.63, 3.8) is 0 Å². The second-order valence-electron chi connectivity index (χ2n) is 6.65. The van der Waals surface area contributed by atoms with Crippen LogP contribution < -0.4 is 10.6 Å². The number of hydrogen-bond acceptors (Lipinski definition) is 5. The molecule has 1 amide bonds. The highest BCUT2D eigenvalue weighted by atomic mass is 16.5. The van der Waals surface area contributed by atoms with Gasteiger partial charge >= 0.3 is 0 Å². The molecule has 2 heterocycles. The molecular formula is C19H26N4O2. The van der Waals surface area contributed by atoms with E-state index in [9.17, 15) is 4.79 Å².